The van der Waals surface area contributed by atoms with Gasteiger partial charge in [-0.3, -0.25) is 4.72 Å². The fraction of sp³-hybridized carbons (Fsp3) is 0.292. The van der Waals surface area contributed by atoms with Gasteiger partial charge in [-0.15, -0.1) is 0 Å². The Balaban J connectivity index is 1.41. The highest BCUT2D eigenvalue weighted by atomic mass is 32.2. The Morgan fingerprint density at radius 1 is 1.09 bits per heavy atom. The van der Waals surface area contributed by atoms with Crippen molar-refractivity contribution in [2.45, 2.75) is 25.5 Å². The van der Waals surface area contributed by atoms with Crippen LogP contribution in [-0.2, 0) is 16.4 Å². The Kier molecular flexibility index (Phi) is 5.27. The average molecular weight is 450 g/mol. The van der Waals surface area contributed by atoms with E-state index in [4.69, 9.17) is 0 Å². The van der Waals surface area contributed by atoms with Crippen LogP contribution < -0.4 is 4.72 Å². The zero-order valence-electron chi connectivity index (χ0n) is 18.2. The molecule has 4 aromatic rings. The Bertz CT molecular complexity index is 1350. The number of hydrogen-bond acceptors (Lipinski definition) is 4. The molecule has 8 heteroatoms. The predicted octanol–water partition coefficient (Wildman–Crippen LogP) is 4.03. The maximum absolute atomic E-state index is 12.8. The number of aryl methyl sites for hydroxylation is 1. The van der Waals surface area contributed by atoms with E-state index in [1.54, 1.807) is 6.20 Å². The number of nitrogens with one attached hydrogen (secondary N) is 2. The van der Waals surface area contributed by atoms with Gasteiger partial charge in [0.25, 0.3) is 0 Å². The lowest BCUT2D eigenvalue weighted by Crippen LogP contribution is -2.55. The molecule has 1 aliphatic rings. The van der Waals surface area contributed by atoms with Gasteiger partial charge in [-0.2, -0.15) is 5.10 Å². The summed E-state index contributed by atoms with van der Waals surface area (Å²) >= 11 is 0. The Morgan fingerprint density at radius 2 is 1.88 bits per heavy atom. The topological polar surface area (TPSA) is 83.0 Å². The van der Waals surface area contributed by atoms with Crippen molar-refractivity contribution in [1.29, 1.82) is 0 Å². The molecule has 2 N–H and O–H groups in total. The second-order valence-corrected chi connectivity index (χ2v) is 10.2. The number of aromatic amines is 1. The average Bonchev–Trinajstić information content (AvgIpc) is 3.40. The van der Waals surface area contributed by atoms with Crippen LogP contribution in [0.5, 0.6) is 0 Å². The van der Waals surface area contributed by atoms with Crippen LogP contribution in [0, 0.1) is 0 Å². The van der Waals surface area contributed by atoms with E-state index in [1.807, 2.05) is 42.2 Å². The van der Waals surface area contributed by atoms with Gasteiger partial charge in [0.15, 0.2) is 0 Å². The molecule has 0 aliphatic carbocycles. The quantitative estimate of drug-likeness (QED) is 0.446. The molecular weight excluding hydrogens is 422 g/mol. The standard InChI is InChI=1S/C24H27N5O2S/c1-3-17-5-8-20(9-6-17)29-14-19(12-26-29)18-7-10-23-22(11-18)24(13-25-23)27-32(30,31)21-15-28(4-2)16-21/h5-14,21,25,27H,3-4,15-16H2,1-2H3. The smallest absolute Gasteiger partial charge is 0.238 e. The second kappa shape index (κ2) is 8.11. The summed E-state index contributed by atoms with van der Waals surface area (Å²) in [6.45, 7) is 6.22. The molecule has 1 saturated heterocycles. The normalized spacial score (nSPS) is 15.2. The third kappa shape index (κ3) is 3.80. The van der Waals surface area contributed by atoms with E-state index in [1.165, 1.54) is 5.56 Å². The molecule has 3 heterocycles. The third-order valence-corrected chi connectivity index (χ3v) is 7.95. The first-order valence-electron chi connectivity index (χ1n) is 11.0. The number of benzene rings is 2. The maximum Gasteiger partial charge on any atom is 0.238 e. The van der Waals surface area contributed by atoms with Gasteiger partial charge in [-0.25, -0.2) is 13.1 Å². The van der Waals surface area contributed by atoms with Crippen LogP contribution in [-0.4, -0.2) is 53.0 Å². The molecule has 0 spiro atoms. The van der Waals surface area contributed by atoms with Crippen molar-refractivity contribution in [3.63, 3.8) is 0 Å². The van der Waals surface area contributed by atoms with Gasteiger partial charge >= 0.3 is 0 Å². The van der Waals surface area contributed by atoms with E-state index in [0.29, 0.717) is 18.8 Å². The third-order valence-electron chi connectivity index (χ3n) is 6.27. The molecule has 1 fully saturated rings. The highest BCUT2D eigenvalue weighted by Gasteiger charge is 2.36. The summed E-state index contributed by atoms with van der Waals surface area (Å²) < 4.78 is 30.2. The summed E-state index contributed by atoms with van der Waals surface area (Å²) in [6, 6.07) is 14.4. The van der Waals surface area contributed by atoms with Crippen molar-refractivity contribution in [2.75, 3.05) is 24.4 Å². The number of H-pyrrole nitrogens is 1. The fourth-order valence-corrected chi connectivity index (χ4v) is 5.55. The summed E-state index contributed by atoms with van der Waals surface area (Å²) in [4.78, 5) is 5.28. The molecule has 0 atom stereocenters. The first-order valence-corrected chi connectivity index (χ1v) is 12.5. The van der Waals surface area contributed by atoms with Gasteiger partial charge in [-0.05, 0) is 48.4 Å². The zero-order chi connectivity index (χ0) is 22.3. The lowest BCUT2D eigenvalue weighted by molar-refractivity contribution is 0.196. The fourth-order valence-electron chi connectivity index (χ4n) is 4.10. The minimum absolute atomic E-state index is 0.368. The number of sulfonamides is 1. The van der Waals surface area contributed by atoms with Crippen LogP contribution in [0.3, 0.4) is 0 Å². The number of aromatic nitrogens is 3. The van der Waals surface area contributed by atoms with Gasteiger partial charge in [0, 0.05) is 41.9 Å². The van der Waals surface area contributed by atoms with Crippen molar-refractivity contribution >= 4 is 26.6 Å². The minimum atomic E-state index is -3.42. The van der Waals surface area contributed by atoms with Gasteiger partial charge < -0.3 is 9.88 Å². The van der Waals surface area contributed by atoms with Crippen LogP contribution in [0.25, 0.3) is 27.7 Å². The summed E-state index contributed by atoms with van der Waals surface area (Å²) in [7, 11) is -3.42. The minimum Gasteiger partial charge on any atom is -0.359 e. The Morgan fingerprint density at radius 3 is 2.59 bits per heavy atom. The van der Waals surface area contributed by atoms with Crippen LogP contribution >= 0.6 is 0 Å². The van der Waals surface area contributed by atoms with E-state index in [9.17, 15) is 8.42 Å². The molecule has 0 radical (unpaired) electrons. The molecule has 0 saturated carbocycles. The molecule has 0 bridgehead atoms. The van der Waals surface area contributed by atoms with Gasteiger partial charge in [0.05, 0.1) is 17.6 Å². The van der Waals surface area contributed by atoms with Crippen molar-refractivity contribution in [2.24, 2.45) is 0 Å². The predicted molar refractivity (Wildman–Crippen MR) is 129 cm³/mol. The molecule has 2 aromatic carbocycles. The Labute approximate surface area is 188 Å². The van der Waals surface area contributed by atoms with Gasteiger partial charge in [0.1, 0.15) is 5.25 Å². The van der Waals surface area contributed by atoms with Crippen molar-refractivity contribution in [1.82, 2.24) is 19.7 Å². The lowest BCUT2D eigenvalue weighted by atomic mass is 10.1. The van der Waals surface area contributed by atoms with E-state index in [0.717, 1.165) is 40.7 Å². The summed E-state index contributed by atoms with van der Waals surface area (Å²) in [5.41, 5.74) is 5.72. The molecule has 1 aliphatic heterocycles. The Hall–Kier alpha value is -3.10. The van der Waals surface area contributed by atoms with Crippen LogP contribution in [0.2, 0.25) is 0 Å². The van der Waals surface area contributed by atoms with E-state index in [2.05, 4.69) is 50.9 Å². The second-order valence-electron chi connectivity index (χ2n) is 8.28. The van der Waals surface area contributed by atoms with Gasteiger partial charge in [-0.1, -0.05) is 32.0 Å². The molecule has 32 heavy (non-hydrogen) atoms. The first-order chi connectivity index (χ1) is 15.5. The molecule has 5 rings (SSSR count). The lowest BCUT2D eigenvalue weighted by Gasteiger charge is -2.37. The van der Waals surface area contributed by atoms with Crippen LogP contribution in [0.4, 0.5) is 5.69 Å². The highest BCUT2D eigenvalue weighted by molar-refractivity contribution is 7.93. The number of nitrogens with zero attached hydrogens (tertiary/aromatic N) is 3. The number of fused-ring (bicyclic) bond motifs is 1. The monoisotopic (exact) mass is 449 g/mol. The van der Waals surface area contributed by atoms with Crippen molar-refractivity contribution < 1.29 is 8.42 Å². The van der Waals surface area contributed by atoms with Crippen molar-refractivity contribution in [3.05, 3.63) is 66.6 Å². The van der Waals surface area contributed by atoms with E-state index < -0.39 is 10.0 Å². The summed E-state index contributed by atoms with van der Waals surface area (Å²) in [5.74, 6) is 0. The SMILES string of the molecule is CCc1ccc(-n2cc(-c3ccc4[nH]cc(NS(=O)(=O)C5CN(CC)C5)c4c3)cn2)cc1. The molecule has 7 nitrogen and oxygen atoms in total. The van der Waals surface area contributed by atoms with Gasteiger partial charge in [0.2, 0.25) is 10.0 Å². The highest BCUT2D eigenvalue weighted by Crippen LogP contribution is 2.31. The van der Waals surface area contributed by atoms with E-state index in [-0.39, 0.29) is 5.25 Å². The summed E-state index contributed by atoms with van der Waals surface area (Å²) in [5, 5.41) is 5.00. The first kappa shape index (κ1) is 20.8. The number of likely N-dealkylation sites (tertiary alicyclic amines) is 1. The number of anilines is 1. The molecule has 166 valence electrons. The van der Waals surface area contributed by atoms with E-state index >= 15 is 0 Å². The number of rotatable bonds is 7. The van der Waals surface area contributed by atoms with Crippen molar-refractivity contribution in [3.8, 4) is 16.8 Å². The zero-order valence-corrected chi connectivity index (χ0v) is 19.1. The van der Waals surface area contributed by atoms with Crippen LogP contribution in [0.15, 0.2) is 61.1 Å². The number of hydrogen-bond donors (Lipinski definition) is 2. The molecule has 2 aromatic heterocycles. The summed E-state index contributed by atoms with van der Waals surface area (Å²) in [6.07, 6.45) is 6.55. The largest absolute Gasteiger partial charge is 0.359 e. The maximum atomic E-state index is 12.8. The molecule has 0 amide bonds. The molecule has 0 unspecified atom stereocenters. The molecular formula is C24H27N5O2S. The van der Waals surface area contributed by atoms with Crippen LogP contribution in [0.1, 0.15) is 19.4 Å².